The Labute approximate surface area is 287 Å². The van der Waals surface area contributed by atoms with Crippen LogP contribution < -0.4 is 0 Å². The van der Waals surface area contributed by atoms with Crippen LogP contribution in [-0.4, -0.2) is 15.9 Å². The molecule has 2 aromatic heterocycles. The SMILES string of the molecule is CC(C)(C)c1cc(-c2nccc3c2sc2ccccc23)[c-]c2ccccc12.CCC(C)(CC)C(=O)/C=C(\O)C(C)(CC)CC.[Ir]. The Bertz CT molecular complexity index is 1800. The number of pyridine rings is 1. The first-order valence-electron chi connectivity index (χ1n) is 16.0. The van der Waals surface area contributed by atoms with Gasteiger partial charge in [0, 0.05) is 58.3 Å². The Morgan fingerprint density at radius 2 is 1.40 bits per heavy atom. The molecule has 5 aromatic rings. The van der Waals surface area contributed by atoms with E-state index in [0.717, 1.165) is 42.3 Å². The Morgan fingerprint density at radius 1 is 0.822 bits per heavy atom. The van der Waals surface area contributed by atoms with Crippen molar-refractivity contribution in [2.75, 3.05) is 0 Å². The monoisotopic (exact) mass is 799 g/mol. The largest absolute Gasteiger partial charge is 0.512 e. The normalized spacial score (nSPS) is 12.6. The van der Waals surface area contributed by atoms with Crippen molar-refractivity contribution in [3.8, 4) is 11.3 Å². The minimum atomic E-state index is -0.337. The zero-order chi connectivity index (χ0) is 32.3. The Kier molecular flexibility index (Phi) is 12.0. The van der Waals surface area contributed by atoms with Gasteiger partial charge in [0.25, 0.3) is 0 Å². The average Bonchev–Trinajstić information content (AvgIpc) is 3.42. The minimum absolute atomic E-state index is 0. The minimum Gasteiger partial charge on any atom is -0.512 e. The van der Waals surface area contributed by atoms with Gasteiger partial charge in [0.05, 0.1) is 0 Å². The van der Waals surface area contributed by atoms with Crippen LogP contribution >= 0.6 is 11.3 Å². The molecule has 0 fully saturated rings. The number of hydrogen-bond acceptors (Lipinski definition) is 4. The van der Waals surface area contributed by atoms with Crippen molar-refractivity contribution in [1.82, 2.24) is 4.98 Å². The third kappa shape index (κ3) is 7.59. The van der Waals surface area contributed by atoms with Crippen LogP contribution in [0.25, 0.3) is 42.2 Å². The van der Waals surface area contributed by atoms with E-state index in [4.69, 9.17) is 4.98 Å². The number of benzene rings is 3. The molecule has 0 aliphatic rings. The molecular weight excluding hydrogens is 751 g/mol. The van der Waals surface area contributed by atoms with Crippen LogP contribution in [0, 0.1) is 16.9 Å². The van der Waals surface area contributed by atoms with E-state index in [1.54, 1.807) is 0 Å². The number of ketones is 1. The molecule has 0 saturated carbocycles. The number of thiophene rings is 1. The molecule has 5 heteroatoms. The number of rotatable bonds is 8. The maximum Gasteiger partial charge on any atom is 0.164 e. The van der Waals surface area contributed by atoms with Crippen molar-refractivity contribution in [2.24, 2.45) is 10.8 Å². The summed E-state index contributed by atoms with van der Waals surface area (Å²) in [6.45, 7) is 18.9. The first kappa shape index (κ1) is 36.6. The first-order valence-corrected chi connectivity index (χ1v) is 16.8. The van der Waals surface area contributed by atoms with Gasteiger partial charge in [-0.15, -0.1) is 40.5 Å². The molecule has 3 aromatic carbocycles. The van der Waals surface area contributed by atoms with Crippen molar-refractivity contribution in [3.05, 3.63) is 90.3 Å². The number of carbonyl (C=O) groups excluding carboxylic acids is 1. The topological polar surface area (TPSA) is 50.2 Å². The van der Waals surface area contributed by atoms with E-state index in [2.05, 4.69) is 87.5 Å². The summed E-state index contributed by atoms with van der Waals surface area (Å²) < 4.78 is 2.55. The van der Waals surface area contributed by atoms with Gasteiger partial charge in [-0.2, -0.15) is 0 Å². The fourth-order valence-corrected chi connectivity index (χ4v) is 6.71. The summed E-state index contributed by atoms with van der Waals surface area (Å²) in [4.78, 5) is 17.0. The molecule has 0 unspecified atom stereocenters. The van der Waals surface area contributed by atoms with Crippen LogP contribution in [0.2, 0.25) is 0 Å². The predicted octanol–water partition coefficient (Wildman–Crippen LogP) is 12.0. The molecule has 5 rings (SSSR count). The molecule has 0 amide bonds. The number of aromatic nitrogens is 1. The standard InChI is InChI=1S/C25H20NS.C15H28O2.Ir/c1-25(2,3)21-15-17(14-16-8-4-5-9-18(16)21)23-24-20(12-13-26-23)19-10-6-7-11-22(19)27-24;1-7-14(5,8-2)12(16)11-13(17)15(6,9-3)10-4;/h4-13,15H,1-3H3;11,16H,7-10H2,1-6H3;/q-1;;/b;12-11-;. The molecule has 0 spiro atoms. The third-order valence-corrected chi connectivity index (χ3v) is 10.9. The number of fused-ring (bicyclic) bond motifs is 4. The molecule has 45 heavy (non-hydrogen) atoms. The summed E-state index contributed by atoms with van der Waals surface area (Å²) in [6, 6.07) is 25.2. The van der Waals surface area contributed by atoms with Crippen molar-refractivity contribution < 1.29 is 30.0 Å². The van der Waals surface area contributed by atoms with Crippen LogP contribution in [0.4, 0.5) is 0 Å². The van der Waals surface area contributed by atoms with Gasteiger partial charge in [-0.1, -0.05) is 110 Å². The van der Waals surface area contributed by atoms with Gasteiger partial charge in [-0.05, 0) is 54.0 Å². The Hall–Kier alpha value is -2.85. The predicted molar refractivity (Wildman–Crippen MR) is 191 cm³/mol. The first-order chi connectivity index (χ1) is 20.8. The van der Waals surface area contributed by atoms with Crippen molar-refractivity contribution in [3.63, 3.8) is 0 Å². The van der Waals surface area contributed by atoms with E-state index in [9.17, 15) is 9.90 Å². The second-order valence-electron chi connectivity index (χ2n) is 13.5. The maximum absolute atomic E-state index is 12.2. The van der Waals surface area contributed by atoms with Crippen molar-refractivity contribution in [2.45, 2.75) is 93.4 Å². The fraction of sp³-hybridized carbons (Fsp3) is 0.400. The summed E-state index contributed by atoms with van der Waals surface area (Å²) in [5, 5.41) is 15.1. The second kappa shape index (κ2) is 14.7. The van der Waals surface area contributed by atoms with E-state index in [-0.39, 0.29) is 47.9 Å². The van der Waals surface area contributed by atoms with Gasteiger partial charge in [0.15, 0.2) is 5.78 Å². The Balaban J connectivity index is 0.000000270. The molecule has 2 heterocycles. The van der Waals surface area contributed by atoms with Gasteiger partial charge in [-0.3, -0.25) is 9.78 Å². The van der Waals surface area contributed by atoms with E-state index in [0.29, 0.717) is 0 Å². The molecule has 0 atom stereocenters. The van der Waals surface area contributed by atoms with Crippen LogP contribution in [0.1, 0.15) is 93.6 Å². The number of hydrogen-bond donors (Lipinski definition) is 1. The number of aliphatic hydroxyl groups is 1. The van der Waals surface area contributed by atoms with Crippen LogP contribution in [0.3, 0.4) is 0 Å². The van der Waals surface area contributed by atoms with Gasteiger partial charge >= 0.3 is 0 Å². The summed E-state index contributed by atoms with van der Waals surface area (Å²) in [5.74, 6) is 0.286. The van der Waals surface area contributed by atoms with Gasteiger partial charge < -0.3 is 5.11 Å². The van der Waals surface area contributed by atoms with Gasteiger partial charge in [-0.25, -0.2) is 0 Å². The smallest absolute Gasteiger partial charge is 0.164 e. The third-order valence-electron chi connectivity index (χ3n) is 9.73. The maximum atomic E-state index is 12.2. The molecular formula is C40H48IrNO2S-. The van der Waals surface area contributed by atoms with Crippen molar-refractivity contribution >= 4 is 48.1 Å². The summed E-state index contributed by atoms with van der Waals surface area (Å²) in [7, 11) is 0. The zero-order valence-corrected chi connectivity index (χ0v) is 31.5. The molecule has 1 N–H and O–H groups in total. The molecule has 1 radical (unpaired) electrons. The second-order valence-corrected chi connectivity index (χ2v) is 14.5. The van der Waals surface area contributed by atoms with E-state index in [1.165, 1.54) is 37.2 Å². The fourth-order valence-electron chi connectivity index (χ4n) is 5.51. The van der Waals surface area contributed by atoms with Crippen LogP contribution in [0.5, 0.6) is 0 Å². The molecule has 241 valence electrons. The van der Waals surface area contributed by atoms with Gasteiger partial charge in [0.2, 0.25) is 0 Å². The number of allylic oxidation sites excluding steroid dienone is 2. The molecule has 3 nitrogen and oxygen atoms in total. The molecule has 0 aliphatic heterocycles. The molecule has 0 saturated heterocycles. The zero-order valence-electron chi connectivity index (χ0n) is 28.3. The molecule has 0 aliphatic carbocycles. The van der Waals surface area contributed by atoms with E-state index in [1.807, 2.05) is 59.1 Å². The number of aliphatic hydroxyl groups excluding tert-OH is 1. The number of nitrogens with zero attached hydrogens (tertiary/aromatic N) is 1. The Morgan fingerprint density at radius 3 is 2.00 bits per heavy atom. The molecule has 0 bridgehead atoms. The quantitative estimate of drug-likeness (QED) is 0.0966. The number of carbonyl (C=O) groups is 1. The van der Waals surface area contributed by atoms with E-state index < -0.39 is 0 Å². The summed E-state index contributed by atoms with van der Waals surface area (Å²) >= 11 is 1.82. The van der Waals surface area contributed by atoms with Crippen LogP contribution in [0.15, 0.2) is 78.7 Å². The summed E-state index contributed by atoms with van der Waals surface area (Å²) in [6.07, 6.45) is 6.68. The summed E-state index contributed by atoms with van der Waals surface area (Å²) in [5.41, 5.74) is 2.90. The van der Waals surface area contributed by atoms with Gasteiger partial charge in [0.1, 0.15) is 5.76 Å². The van der Waals surface area contributed by atoms with Crippen LogP contribution in [-0.2, 0) is 30.3 Å². The van der Waals surface area contributed by atoms with Crippen molar-refractivity contribution in [1.29, 1.82) is 0 Å². The van der Waals surface area contributed by atoms with E-state index >= 15 is 0 Å². The average molecular weight is 799 g/mol.